The molecule has 3 fully saturated rings. The molecule has 1 aliphatic heterocycles. The van der Waals surface area contributed by atoms with Crippen molar-refractivity contribution in [3.05, 3.63) is 0 Å². The van der Waals surface area contributed by atoms with Gasteiger partial charge in [0.15, 0.2) is 0 Å². The van der Waals surface area contributed by atoms with E-state index in [9.17, 15) is 15.2 Å². The molecule has 2 aliphatic carbocycles. The molecule has 1 saturated heterocycles. The molecule has 0 radical (unpaired) electrons. The van der Waals surface area contributed by atoms with Gasteiger partial charge in [-0.2, -0.15) is 5.26 Å². The van der Waals surface area contributed by atoms with Gasteiger partial charge in [-0.15, -0.1) is 0 Å². The van der Waals surface area contributed by atoms with Gasteiger partial charge in [0.25, 0.3) is 0 Å². The zero-order chi connectivity index (χ0) is 17.6. The third-order valence-electron chi connectivity index (χ3n) is 6.69. The second-order valence-electron chi connectivity index (χ2n) is 8.71. The fourth-order valence-corrected chi connectivity index (χ4v) is 5.32. The number of nitrogens with zero attached hydrogens (tertiary/aromatic N) is 2. The smallest absolute Gasteiger partial charge is 0.241 e. The summed E-state index contributed by atoms with van der Waals surface area (Å²) in [6.45, 7) is 6.38. The molecule has 5 heteroatoms. The first kappa shape index (κ1) is 17.7. The lowest BCUT2D eigenvalue weighted by Crippen LogP contribution is -2.51. The number of fused-ring (bicyclic) bond motifs is 1. The number of likely N-dealkylation sites (tertiary alicyclic amines) is 1. The molecule has 3 N–H and O–H groups in total. The van der Waals surface area contributed by atoms with Crippen LogP contribution in [-0.4, -0.2) is 40.1 Å². The Kier molecular flexibility index (Phi) is 4.90. The van der Waals surface area contributed by atoms with E-state index in [-0.39, 0.29) is 30.0 Å². The van der Waals surface area contributed by atoms with Crippen molar-refractivity contribution in [2.24, 2.45) is 35.3 Å². The summed E-state index contributed by atoms with van der Waals surface area (Å²) < 4.78 is 0. The first-order valence-electron chi connectivity index (χ1n) is 9.48. The monoisotopic (exact) mass is 333 g/mol. The van der Waals surface area contributed by atoms with E-state index >= 15 is 0 Å². The van der Waals surface area contributed by atoms with Crippen LogP contribution >= 0.6 is 0 Å². The first-order valence-corrected chi connectivity index (χ1v) is 9.48. The zero-order valence-corrected chi connectivity index (χ0v) is 15.1. The van der Waals surface area contributed by atoms with Crippen LogP contribution in [0.1, 0.15) is 52.9 Å². The van der Waals surface area contributed by atoms with Gasteiger partial charge in [-0.1, -0.05) is 20.8 Å². The van der Waals surface area contributed by atoms with E-state index in [0.717, 1.165) is 32.1 Å². The van der Waals surface area contributed by atoms with Gasteiger partial charge >= 0.3 is 0 Å². The van der Waals surface area contributed by atoms with E-state index in [0.29, 0.717) is 23.7 Å². The Bertz CT molecular complexity index is 521. The van der Waals surface area contributed by atoms with Crippen molar-refractivity contribution in [3.63, 3.8) is 0 Å². The van der Waals surface area contributed by atoms with Crippen LogP contribution in [0.2, 0.25) is 0 Å². The number of nitrogens with two attached hydrogens (primary N) is 1. The van der Waals surface area contributed by atoms with Crippen molar-refractivity contribution < 1.29 is 9.90 Å². The van der Waals surface area contributed by atoms with Crippen molar-refractivity contribution in [1.82, 2.24) is 4.90 Å². The van der Waals surface area contributed by atoms with E-state index in [1.54, 1.807) is 4.90 Å². The summed E-state index contributed by atoms with van der Waals surface area (Å²) in [6, 6.07) is 1.68. The summed E-state index contributed by atoms with van der Waals surface area (Å²) in [6.07, 6.45) is 4.28. The quantitative estimate of drug-likeness (QED) is 0.822. The van der Waals surface area contributed by atoms with Crippen LogP contribution < -0.4 is 5.73 Å². The number of hydrogen-bond donors (Lipinski definition) is 2. The Morgan fingerprint density at radius 3 is 2.67 bits per heavy atom. The van der Waals surface area contributed by atoms with Gasteiger partial charge in [-0.3, -0.25) is 4.79 Å². The van der Waals surface area contributed by atoms with Gasteiger partial charge in [-0.05, 0) is 61.7 Å². The Labute approximate surface area is 145 Å². The molecule has 134 valence electrons. The van der Waals surface area contributed by atoms with E-state index in [1.807, 2.05) is 6.92 Å². The van der Waals surface area contributed by atoms with Crippen LogP contribution in [0.5, 0.6) is 0 Å². The minimum Gasteiger partial charge on any atom is -0.393 e. The average molecular weight is 333 g/mol. The maximum absolute atomic E-state index is 12.9. The second-order valence-corrected chi connectivity index (χ2v) is 8.71. The molecule has 1 amide bonds. The van der Waals surface area contributed by atoms with Gasteiger partial charge < -0.3 is 15.7 Å². The van der Waals surface area contributed by atoms with Crippen LogP contribution in [0.4, 0.5) is 0 Å². The summed E-state index contributed by atoms with van der Waals surface area (Å²) >= 11 is 0. The fourth-order valence-electron chi connectivity index (χ4n) is 5.32. The molecule has 9 atom stereocenters. The molecule has 0 spiro atoms. The van der Waals surface area contributed by atoms with Gasteiger partial charge in [0.2, 0.25) is 5.91 Å². The standard InChI is InChI=1S/C19H31N3O2/c1-10-4-13(7-15(23)5-10)6-11(2)17(21)19(24)22-14(9-20)8-16-12(3)18(16)22/h10-18,23H,4-8,21H2,1-3H3. The predicted molar refractivity (Wildman–Crippen MR) is 91.6 cm³/mol. The minimum absolute atomic E-state index is 0.0460. The maximum Gasteiger partial charge on any atom is 0.241 e. The number of carbonyl (C=O) groups is 1. The van der Waals surface area contributed by atoms with Gasteiger partial charge in [-0.25, -0.2) is 0 Å². The molecule has 24 heavy (non-hydrogen) atoms. The Hall–Kier alpha value is -1.12. The summed E-state index contributed by atoms with van der Waals surface area (Å²) in [5.74, 6) is 2.01. The lowest BCUT2D eigenvalue weighted by Gasteiger charge is -2.34. The van der Waals surface area contributed by atoms with Crippen molar-refractivity contribution >= 4 is 5.91 Å². The van der Waals surface area contributed by atoms with Crippen LogP contribution in [0.3, 0.4) is 0 Å². The predicted octanol–water partition coefficient (Wildman–Crippen LogP) is 1.90. The molecule has 3 rings (SSSR count). The third kappa shape index (κ3) is 3.19. The Morgan fingerprint density at radius 1 is 1.33 bits per heavy atom. The average Bonchev–Trinajstić information content (AvgIpc) is 2.96. The summed E-state index contributed by atoms with van der Waals surface area (Å²) in [5.41, 5.74) is 6.31. The van der Waals surface area contributed by atoms with Crippen LogP contribution in [0, 0.1) is 40.9 Å². The van der Waals surface area contributed by atoms with E-state index in [1.165, 1.54) is 0 Å². The lowest BCUT2D eigenvalue weighted by atomic mass is 9.76. The van der Waals surface area contributed by atoms with Crippen molar-refractivity contribution in [3.8, 4) is 6.07 Å². The Morgan fingerprint density at radius 2 is 2.04 bits per heavy atom. The Balaban J connectivity index is 1.60. The molecule has 2 saturated carbocycles. The van der Waals surface area contributed by atoms with E-state index in [4.69, 9.17) is 5.73 Å². The zero-order valence-electron chi connectivity index (χ0n) is 15.1. The van der Waals surface area contributed by atoms with Crippen molar-refractivity contribution in [2.75, 3.05) is 0 Å². The molecule has 5 nitrogen and oxygen atoms in total. The molecule has 0 aromatic heterocycles. The number of aliphatic hydroxyl groups is 1. The first-order chi connectivity index (χ1) is 11.3. The third-order valence-corrected chi connectivity index (χ3v) is 6.69. The van der Waals surface area contributed by atoms with Gasteiger partial charge in [0.1, 0.15) is 6.04 Å². The highest BCUT2D eigenvalue weighted by atomic mass is 16.3. The van der Waals surface area contributed by atoms with Gasteiger partial charge in [0.05, 0.1) is 18.2 Å². The van der Waals surface area contributed by atoms with Crippen LogP contribution in [0.25, 0.3) is 0 Å². The number of rotatable bonds is 4. The SMILES string of the molecule is CC1CC(O)CC(CC(C)C(N)C(=O)N2C(C#N)CC3C(C)C32)C1. The van der Waals surface area contributed by atoms with E-state index in [2.05, 4.69) is 19.9 Å². The van der Waals surface area contributed by atoms with Crippen LogP contribution in [0.15, 0.2) is 0 Å². The summed E-state index contributed by atoms with van der Waals surface area (Å²) in [5, 5.41) is 19.3. The summed E-state index contributed by atoms with van der Waals surface area (Å²) in [7, 11) is 0. The van der Waals surface area contributed by atoms with Gasteiger partial charge in [0, 0.05) is 6.04 Å². The number of carbonyl (C=O) groups excluding carboxylic acids is 1. The number of amides is 1. The highest BCUT2D eigenvalue weighted by Crippen LogP contribution is 2.53. The van der Waals surface area contributed by atoms with E-state index < -0.39 is 6.04 Å². The largest absolute Gasteiger partial charge is 0.393 e. The number of piperidine rings is 1. The maximum atomic E-state index is 12.9. The minimum atomic E-state index is -0.540. The fraction of sp³-hybridized carbons (Fsp3) is 0.895. The molecule has 3 aliphatic rings. The second kappa shape index (κ2) is 6.65. The number of nitriles is 1. The molecule has 0 bridgehead atoms. The molecule has 9 unspecified atom stereocenters. The lowest BCUT2D eigenvalue weighted by molar-refractivity contribution is -0.135. The highest BCUT2D eigenvalue weighted by Gasteiger charge is 2.60. The van der Waals surface area contributed by atoms with Crippen molar-refractivity contribution in [2.45, 2.75) is 77.1 Å². The molecular weight excluding hydrogens is 302 g/mol. The van der Waals surface area contributed by atoms with Crippen molar-refractivity contribution in [1.29, 1.82) is 5.26 Å². The number of hydrogen-bond acceptors (Lipinski definition) is 4. The molecule has 0 aromatic carbocycles. The highest BCUT2D eigenvalue weighted by molar-refractivity contribution is 5.83. The van der Waals surface area contributed by atoms with Crippen LogP contribution in [-0.2, 0) is 4.79 Å². The topological polar surface area (TPSA) is 90.3 Å². The summed E-state index contributed by atoms with van der Waals surface area (Å²) in [4.78, 5) is 14.7. The number of aliphatic hydroxyl groups excluding tert-OH is 1. The molecular formula is C19H31N3O2. The normalized spacial score (nSPS) is 43.7. The molecule has 1 heterocycles. The molecule has 0 aromatic rings.